The number of hydrogen-bond acceptors (Lipinski definition) is 4. The lowest BCUT2D eigenvalue weighted by Crippen LogP contribution is -2.14. The van der Waals surface area contributed by atoms with Crippen LogP contribution < -0.4 is 5.32 Å². The van der Waals surface area contributed by atoms with Gasteiger partial charge in [-0.3, -0.25) is 4.79 Å². The molecule has 124 valence electrons. The van der Waals surface area contributed by atoms with Crippen LogP contribution in [0.4, 0.5) is 5.82 Å². The van der Waals surface area contributed by atoms with Crippen molar-refractivity contribution in [3.63, 3.8) is 0 Å². The monoisotopic (exact) mass is 348 g/mol. The number of para-hydroxylation sites is 1. The van der Waals surface area contributed by atoms with E-state index in [1.54, 1.807) is 10.7 Å². The second-order valence-electron chi connectivity index (χ2n) is 5.83. The number of carbonyl (C=O) groups is 1. The lowest BCUT2D eigenvalue weighted by atomic mass is 10.1. The van der Waals surface area contributed by atoms with E-state index >= 15 is 0 Å². The second kappa shape index (κ2) is 6.14. The standard InChI is InChI=1S/C19H16N4OS/c1-12-10-17(20-15-7-4-3-6-14(12)15)23-18(11-13(2)22-23)21-19(24)16-8-5-9-25-16/h3-11H,1-2H3,(H,21,24). The lowest BCUT2D eigenvalue weighted by Gasteiger charge is -2.10. The van der Waals surface area contributed by atoms with Crippen LogP contribution in [0.3, 0.4) is 0 Å². The Hall–Kier alpha value is -2.99. The third-order valence-electron chi connectivity index (χ3n) is 3.94. The summed E-state index contributed by atoms with van der Waals surface area (Å²) in [6, 6.07) is 15.5. The fourth-order valence-corrected chi connectivity index (χ4v) is 3.41. The molecule has 1 amide bonds. The number of carbonyl (C=O) groups excluding carboxylic acids is 1. The van der Waals surface area contributed by atoms with Gasteiger partial charge in [-0.1, -0.05) is 24.3 Å². The summed E-state index contributed by atoms with van der Waals surface area (Å²) in [6.45, 7) is 3.94. The van der Waals surface area contributed by atoms with Crippen molar-refractivity contribution in [2.45, 2.75) is 13.8 Å². The van der Waals surface area contributed by atoms with Crippen molar-refractivity contribution in [3.8, 4) is 5.82 Å². The van der Waals surface area contributed by atoms with Crippen LogP contribution in [0.1, 0.15) is 20.9 Å². The Morgan fingerprint density at radius 1 is 1.12 bits per heavy atom. The number of nitrogens with zero attached hydrogens (tertiary/aromatic N) is 3. The van der Waals surface area contributed by atoms with Crippen LogP contribution in [-0.4, -0.2) is 20.7 Å². The summed E-state index contributed by atoms with van der Waals surface area (Å²) in [5.74, 6) is 1.15. The smallest absolute Gasteiger partial charge is 0.266 e. The molecule has 0 aliphatic carbocycles. The molecule has 0 atom stereocenters. The first-order chi connectivity index (χ1) is 12.1. The molecular formula is C19H16N4OS. The quantitative estimate of drug-likeness (QED) is 0.599. The van der Waals surface area contributed by atoms with E-state index < -0.39 is 0 Å². The average molecular weight is 348 g/mol. The highest BCUT2D eigenvalue weighted by Crippen LogP contribution is 2.23. The van der Waals surface area contributed by atoms with E-state index in [9.17, 15) is 4.79 Å². The van der Waals surface area contributed by atoms with Crippen molar-refractivity contribution in [3.05, 3.63) is 70.0 Å². The van der Waals surface area contributed by atoms with E-state index in [1.165, 1.54) is 11.3 Å². The zero-order chi connectivity index (χ0) is 17.4. The van der Waals surface area contributed by atoms with Crippen LogP contribution in [0, 0.1) is 13.8 Å². The van der Waals surface area contributed by atoms with E-state index in [0.717, 1.165) is 22.2 Å². The predicted molar refractivity (Wildman–Crippen MR) is 101 cm³/mol. The van der Waals surface area contributed by atoms with Gasteiger partial charge in [0.15, 0.2) is 5.82 Å². The molecule has 6 heteroatoms. The third kappa shape index (κ3) is 2.92. The van der Waals surface area contributed by atoms with Gasteiger partial charge in [0.05, 0.1) is 16.1 Å². The number of benzene rings is 1. The zero-order valence-corrected chi connectivity index (χ0v) is 14.7. The van der Waals surface area contributed by atoms with Crippen molar-refractivity contribution in [1.29, 1.82) is 0 Å². The summed E-state index contributed by atoms with van der Waals surface area (Å²) in [4.78, 5) is 17.7. The molecule has 0 fully saturated rings. The Kier molecular flexibility index (Phi) is 3.82. The van der Waals surface area contributed by atoms with Crippen molar-refractivity contribution in [2.24, 2.45) is 0 Å². The SMILES string of the molecule is Cc1cc(NC(=O)c2cccs2)n(-c2cc(C)c3ccccc3n2)n1. The maximum absolute atomic E-state index is 12.4. The molecule has 0 bridgehead atoms. The maximum atomic E-state index is 12.4. The number of thiophene rings is 1. The van der Waals surface area contributed by atoms with Crippen molar-refractivity contribution in [2.75, 3.05) is 5.32 Å². The van der Waals surface area contributed by atoms with Crippen molar-refractivity contribution < 1.29 is 4.79 Å². The van der Waals surface area contributed by atoms with Crippen LogP contribution >= 0.6 is 11.3 Å². The van der Waals surface area contributed by atoms with Gasteiger partial charge in [0, 0.05) is 11.5 Å². The third-order valence-corrected chi connectivity index (χ3v) is 4.81. The molecule has 3 heterocycles. The van der Waals surface area contributed by atoms with Gasteiger partial charge in [-0.2, -0.15) is 9.78 Å². The van der Waals surface area contributed by atoms with Gasteiger partial charge in [0.1, 0.15) is 5.82 Å². The van der Waals surface area contributed by atoms with Gasteiger partial charge in [0.25, 0.3) is 5.91 Å². The number of pyridine rings is 1. The van der Waals surface area contributed by atoms with Gasteiger partial charge in [-0.15, -0.1) is 11.3 Å². The van der Waals surface area contributed by atoms with Crippen LogP contribution in [0.2, 0.25) is 0 Å². The molecule has 4 aromatic rings. The first kappa shape index (κ1) is 15.5. The molecule has 4 rings (SSSR count). The maximum Gasteiger partial charge on any atom is 0.266 e. The fraction of sp³-hybridized carbons (Fsp3) is 0.105. The van der Waals surface area contributed by atoms with Gasteiger partial charge in [-0.25, -0.2) is 4.98 Å². The minimum atomic E-state index is -0.145. The normalized spacial score (nSPS) is 11.0. The van der Waals surface area contributed by atoms with E-state index in [-0.39, 0.29) is 5.91 Å². The highest BCUT2D eigenvalue weighted by Gasteiger charge is 2.14. The molecule has 0 aliphatic rings. The van der Waals surface area contributed by atoms with Crippen LogP contribution in [0.25, 0.3) is 16.7 Å². The number of hydrogen-bond donors (Lipinski definition) is 1. The molecule has 0 saturated carbocycles. The Bertz CT molecular complexity index is 1070. The van der Waals surface area contributed by atoms with Gasteiger partial charge in [-0.05, 0) is 43.0 Å². The second-order valence-corrected chi connectivity index (χ2v) is 6.78. The fourth-order valence-electron chi connectivity index (χ4n) is 2.79. The lowest BCUT2D eigenvalue weighted by molar-refractivity contribution is 0.103. The topological polar surface area (TPSA) is 59.8 Å². The molecule has 1 N–H and O–H groups in total. The summed E-state index contributed by atoms with van der Waals surface area (Å²) >= 11 is 1.41. The van der Waals surface area contributed by atoms with Crippen molar-refractivity contribution >= 4 is 34.0 Å². The summed E-state index contributed by atoms with van der Waals surface area (Å²) in [7, 11) is 0. The Labute approximate surface area is 149 Å². The van der Waals surface area contributed by atoms with Gasteiger partial charge >= 0.3 is 0 Å². The van der Waals surface area contributed by atoms with Gasteiger partial charge < -0.3 is 5.32 Å². The summed E-state index contributed by atoms with van der Waals surface area (Å²) in [6.07, 6.45) is 0. The molecule has 0 aliphatic heterocycles. The molecule has 0 saturated heterocycles. The number of anilines is 1. The van der Waals surface area contributed by atoms with Crippen molar-refractivity contribution in [1.82, 2.24) is 14.8 Å². The number of fused-ring (bicyclic) bond motifs is 1. The number of amides is 1. The Balaban J connectivity index is 1.77. The summed E-state index contributed by atoms with van der Waals surface area (Å²) in [5, 5.41) is 10.4. The number of aryl methyl sites for hydroxylation is 2. The highest BCUT2D eigenvalue weighted by atomic mass is 32.1. The van der Waals surface area contributed by atoms with E-state index in [1.807, 2.05) is 55.6 Å². The molecule has 3 aromatic heterocycles. The number of aromatic nitrogens is 3. The first-order valence-corrected chi connectivity index (χ1v) is 8.78. The molecule has 5 nitrogen and oxygen atoms in total. The van der Waals surface area contributed by atoms with Gasteiger partial charge in [0.2, 0.25) is 0 Å². The average Bonchev–Trinajstić information content (AvgIpc) is 3.25. The van der Waals surface area contributed by atoms with E-state index in [0.29, 0.717) is 16.5 Å². The number of nitrogens with one attached hydrogen (secondary N) is 1. The molecular weight excluding hydrogens is 332 g/mol. The summed E-state index contributed by atoms with van der Waals surface area (Å²) < 4.78 is 1.68. The Morgan fingerprint density at radius 3 is 2.76 bits per heavy atom. The minimum Gasteiger partial charge on any atom is -0.306 e. The highest BCUT2D eigenvalue weighted by molar-refractivity contribution is 7.12. The zero-order valence-electron chi connectivity index (χ0n) is 13.9. The first-order valence-electron chi connectivity index (χ1n) is 7.90. The molecule has 0 radical (unpaired) electrons. The summed E-state index contributed by atoms with van der Waals surface area (Å²) in [5.41, 5.74) is 2.83. The van der Waals surface area contributed by atoms with E-state index in [2.05, 4.69) is 16.5 Å². The predicted octanol–water partition coefficient (Wildman–Crippen LogP) is 4.35. The number of rotatable bonds is 3. The van der Waals surface area contributed by atoms with Crippen LogP contribution in [-0.2, 0) is 0 Å². The molecule has 0 spiro atoms. The van der Waals surface area contributed by atoms with E-state index in [4.69, 9.17) is 4.98 Å². The van der Waals surface area contributed by atoms with Crippen LogP contribution in [0.15, 0.2) is 53.9 Å². The molecule has 0 unspecified atom stereocenters. The molecule has 25 heavy (non-hydrogen) atoms. The van der Waals surface area contributed by atoms with Crippen LogP contribution in [0.5, 0.6) is 0 Å². The molecule has 1 aromatic carbocycles. The minimum absolute atomic E-state index is 0.145. The Morgan fingerprint density at radius 2 is 1.96 bits per heavy atom. The largest absolute Gasteiger partial charge is 0.306 e.